The Morgan fingerprint density at radius 2 is 1.88 bits per heavy atom. The number of esters is 1. The molecular weight excluding hydrogens is 360 g/mol. The highest BCUT2D eigenvalue weighted by Gasteiger charge is 2.15. The average Bonchev–Trinajstić information content (AvgIpc) is 3.04. The Balaban J connectivity index is 2.35. The van der Waals surface area contributed by atoms with Gasteiger partial charge in [0.1, 0.15) is 6.10 Å². The molecule has 1 aromatic heterocycles. The van der Waals surface area contributed by atoms with Crippen molar-refractivity contribution in [2.45, 2.75) is 73.6 Å². The molecule has 0 aliphatic rings. The zero-order valence-corrected chi connectivity index (χ0v) is 17.1. The highest BCUT2D eigenvalue weighted by atomic mass is 32.2. The summed E-state index contributed by atoms with van der Waals surface area (Å²) in [7, 11) is 0. The fraction of sp³-hybridized carbons (Fsp3) is 0.706. The van der Waals surface area contributed by atoms with Crippen LogP contribution in [-0.4, -0.2) is 33.8 Å². The minimum Gasteiger partial charge on any atom is -0.458 e. The van der Waals surface area contributed by atoms with Crippen molar-refractivity contribution in [3.05, 3.63) is 12.7 Å². The lowest BCUT2D eigenvalue weighted by Gasteiger charge is -2.15. The minimum atomic E-state index is -0.350. The van der Waals surface area contributed by atoms with Crippen molar-refractivity contribution in [3.8, 4) is 0 Å². The van der Waals surface area contributed by atoms with Gasteiger partial charge in [-0.25, -0.2) is 4.79 Å². The van der Waals surface area contributed by atoms with Crippen LogP contribution in [0.2, 0.25) is 0 Å². The van der Waals surface area contributed by atoms with E-state index in [1.54, 1.807) is 34.9 Å². The molecule has 1 aromatic rings. The fourth-order valence-corrected chi connectivity index (χ4v) is 5.14. The molecule has 1 unspecified atom stereocenters. The van der Waals surface area contributed by atoms with Gasteiger partial charge in [-0.3, -0.25) is 0 Å². The van der Waals surface area contributed by atoms with Gasteiger partial charge in [0, 0.05) is 17.6 Å². The van der Waals surface area contributed by atoms with E-state index >= 15 is 0 Å². The summed E-state index contributed by atoms with van der Waals surface area (Å²) in [6.07, 6.45) is 9.24. The van der Waals surface area contributed by atoms with Crippen molar-refractivity contribution >= 4 is 40.8 Å². The Morgan fingerprint density at radius 3 is 2.54 bits per heavy atom. The molecule has 1 rings (SSSR count). The molecule has 0 spiro atoms. The predicted molar refractivity (Wildman–Crippen MR) is 105 cm³/mol. The van der Waals surface area contributed by atoms with Gasteiger partial charge < -0.3 is 4.74 Å². The van der Waals surface area contributed by atoms with Gasteiger partial charge in [0.05, 0.1) is 0 Å². The molecule has 0 fully saturated rings. The van der Waals surface area contributed by atoms with Crippen LogP contribution in [0, 0.1) is 0 Å². The van der Waals surface area contributed by atoms with Crippen LogP contribution in [0.15, 0.2) is 21.3 Å². The molecule has 0 aliphatic carbocycles. The first-order chi connectivity index (χ1) is 11.7. The quantitative estimate of drug-likeness (QED) is 0.179. The van der Waals surface area contributed by atoms with E-state index in [1.807, 2.05) is 0 Å². The summed E-state index contributed by atoms with van der Waals surface area (Å²) in [6.45, 7) is 7.82. The van der Waals surface area contributed by atoms with Crippen LogP contribution in [0.3, 0.4) is 0 Å². The van der Waals surface area contributed by atoms with Crippen LogP contribution in [0.5, 0.6) is 0 Å². The van der Waals surface area contributed by atoms with Gasteiger partial charge in [-0.2, -0.15) is 0 Å². The van der Waals surface area contributed by atoms with E-state index in [1.165, 1.54) is 31.8 Å². The molecule has 7 heteroatoms. The van der Waals surface area contributed by atoms with Crippen LogP contribution in [-0.2, 0) is 9.53 Å². The number of nitrogens with zero attached hydrogens (tertiary/aromatic N) is 2. The molecular formula is C17H28N2O2S3. The highest BCUT2D eigenvalue weighted by Crippen LogP contribution is 2.30. The zero-order chi connectivity index (χ0) is 17.6. The van der Waals surface area contributed by atoms with E-state index in [-0.39, 0.29) is 12.1 Å². The molecule has 0 aliphatic heterocycles. The van der Waals surface area contributed by atoms with E-state index in [0.717, 1.165) is 39.4 Å². The third kappa shape index (κ3) is 9.69. The Bertz CT molecular complexity index is 480. The van der Waals surface area contributed by atoms with Crippen LogP contribution >= 0.6 is 34.9 Å². The van der Waals surface area contributed by atoms with Crippen molar-refractivity contribution in [3.63, 3.8) is 0 Å². The standard InChI is InChI=1S/C17H28N2O2S3/c1-4-7-9-10-12-22-16-18-19-17(24-16)23-13-14(11-8-5-2)21-15(20)6-3/h6,14H,3-5,7-13H2,1-2H3. The number of rotatable bonds is 14. The fourth-order valence-electron chi connectivity index (χ4n) is 1.99. The van der Waals surface area contributed by atoms with Gasteiger partial charge in [0.2, 0.25) is 0 Å². The van der Waals surface area contributed by atoms with Crippen LogP contribution in [0.4, 0.5) is 0 Å². The van der Waals surface area contributed by atoms with Crippen molar-refractivity contribution in [1.29, 1.82) is 0 Å². The molecule has 136 valence electrons. The number of aromatic nitrogens is 2. The largest absolute Gasteiger partial charge is 0.458 e. The van der Waals surface area contributed by atoms with Gasteiger partial charge in [-0.15, -0.1) is 10.2 Å². The summed E-state index contributed by atoms with van der Waals surface area (Å²) < 4.78 is 7.38. The van der Waals surface area contributed by atoms with E-state index in [9.17, 15) is 4.79 Å². The lowest BCUT2D eigenvalue weighted by atomic mass is 10.2. The number of thioether (sulfide) groups is 2. The summed E-state index contributed by atoms with van der Waals surface area (Å²) in [5, 5.41) is 8.47. The topological polar surface area (TPSA) is 52.1 Å². The number of ether oxygens (including phenoxy) is 1. The summed E-state index contributed by atoms with van der Waals surface area (Å²) in [5.41, 5.74) is 0. The molecule has 0 N–H and O–H groups in total. The van der Waals surface area contributed by atoms with E-state index in [4.69, 9.17) is 4.74 Å². The molecule has 0 saturated heterocycles. The molecule has 0 bridgehead atoms. The summed E-state index contributed by atoms with van der Waals surface area (Å²) in [4.78, 5) is 11.4. The van der Waals surface area contributed by atoms with Crippen LogP contribution in [0.1, 0.15) is 58.8 Å². The maximum absolute atomic E-state index is 11.4. The van der Waals surface area contributed by atoms with Gasteiger partial charge in [0.15, 0.2) is 8.68 Å². The smallest absolute Gasteiger partial charge is 0.330 e. The number of hydrogen-bond acceptors (Lipinski definition) is 7. The second-order valence-electron chi connectivity index (χ2n) is 5.46. The van der Waals surface area contributed by atoms with Crippen molar-refractivity contribution in [2.24, 2.45) is 0 Å². The monoisotopic (exact) mass is 388 g/mol. The third-order valence-corrected chi connectivity index (χ3v) is 6.74. The van der Waals surface area contributed by atoms with Crippen LogP contribution in [0.25, 0.3) is 0 Å². The molecule has 1 heterocycles. The van der Waals surface area contributed by atoms with Gasteiger partial charge >= 0.3 is 5.97 Å². The van der Waals surface area contributed by atoms with Gasteiger partial charge in [-0.05, 0) is 12.8 Å². The third-order valence-electron chi connectivity index (χ3n) is 3.33. The molecule has 0 aromatic carbocycles. The molecule has 24 heavy (non-hydrogen) atoms. The summed E-state index contributed by atoms with van der Waals surface area (Å²) >= 11 is 5.04. The number of hydrogen-bond donors (Lipinski definition) is 0. The SMILES string of the molecule is C=CC(=O)OC(CCCC)CSc1nnc(SCCCCCC)s1. The second kappa shape index (κ2) is 13.7. The molecule has 0 saturated carbocycles. The number of carbonyl (C=O) groups excluding carboxylic acids is 1. The summed E-state index contributed by atoms with van der Waals surface area (Å²) in [6, 6.07) is 0. The average molecular weight is 389 g/mol. The van der Waals surface area contributed by atoms with Gasteiger partial charge in [0.25, 0.3) is 0 Å². The number of unbranched alkanes of at least 4 members (excludes halogenated alkanes) is 4. The van der Waals surface area contributed by atoms with E-state index in [0.29, 0.717) is 0 Å². The first kappa shape index (κ1) is 21.5. The second-order valence-corrected chi connectivity index (χ2v) is 9.05. The lowest BCUT2D eigenvalue weighted by molar-refractivity contribution is -0.142. The normalized spacial score (nSPS) is 12.1. The van der Waals surface area contributed by atoms with Crippen molar-refractivity contribution in [1.82, 2.24) is 10.2 Å². The van der Waals surface area contributed by atoms with Crippen molar-refractivity contribution in [2.75, 3.05) is 11.5 Å². The maximum Gasteiger partial charge on any atom is 0.330 e. The highest BCUT2D eigenvalue weighted by molar-refractivity contribution is 8.03. The molecule has 4 nitrogen and oxygen atoms in total. The zero-order valence-electron chi connectivity index (χ0n) is 14.7. The molecule has 1 atom stereocenters. The van der Waals surface area contributed by atoms with E-state index in [2.05, 4.69) is 30.6 Å². The molecule has 0 radical (unpaired) electrons. The Hall–Kier alpha value is -0.530. The van der Waals surface area contributed by atoms with Gasteiger partial charge in [-0.1, -0.05) is 87.4 Å². The first-order valence-electron chi connectivity index (χ1n) is 8.61. The Kier molecular flexibility index (Phi) is 12.3. The maximum atomic E-state index is 11.4. The first-order valence-corrected chi connectivity index (χ1v) is 11.4. The Labute approximate surface area is 158 Å². The Morgan fingerprint density at radius 1 is 1.17 bits per heavy atom. The van der Waals surface area contributed by atoms with Crippen molar-refractivity contribution < 1.29 is 9.53 Å². The predicted octanol–water partition coefficient (Wildman–Crippen LogP) is 5.59. The summed E-state index contributed by atoms with van der Waals surface area (Å²) in [5.74, 6) is 1.47. The molecule has 0 amide bonds. The number of carbonyl (C=O) groups is 1. The van der Waals surface area contributed by atoms with E-state index < -0.39 is 0 Å². The lowest BCUT2D eigenvalue weighted by Crippen LogP contribution is -2.19. The minimum absolute atomic E-state index is 0.0884. The van der Waals surface area contributed by atoms with Crippen LogP contribution < -0.4 is 0 Å².